The molecule has 0 heterocycles. The van der Waals surface area contributed by atoms with Crippen molar-refractivity contribution in [3.8, 4) is 0 Å². The lowest BCUT2D eigenvalue weighted by atomic mass is 10.7. The summed E-state index contributed by atoms with van der Waals surface area (Å²) < 4.78 is 0. The fourth-order valence-corrected chi connectivity index (χ4v) is 0.255. The van der Waals surface area contributed by atoms with E-state index in [9.17, 15) is 0 Å². The lowest BCUT2D eigenvalue weighted by molar-refractivity contribution is 1.49. The number of nitrogens with zero attached hydrogens (tertiary/aromatic N) is 1. The molecule has 44 valence electrons. The first kappa shape index (κ1) is 7.44. The Morgan fingerprint density at radius 3 is 2.75 bits per heavy atom. The van der Waals surface area contributed by atoms with Gasteiger partial charge in [-0.25, -0.2) is 4.99 Å². The number of aliphatic imine (C=N–C) groups is 1. The Balaban J connectivity index is 3.69. The van der Waals surface area contributed by atoms with Crippen molar-refractivity contribution in [1.29, 1.82) is 0 Å². The lowest BCUT2D eigenvalue weighted by Gasteiger charge is -1.79. The number of allylic oxidation sites excluding steroid dienone is 2. The van der Waals surface area contributed by atoms with Gasteiger partial charge in [0.2, 0.25) is 0 Å². The Morgan fingerprint density at radius 2 is 2.38 bits per heavy atom. The molecule has 0 aliphatic heterocycles. The molecular weight excluding hydrogens is 122 g/mol. The van der Waals surface area contributed by atoms with Crippen molar-refractivity contribution in [2.75, 3.05) is 0 Å². The zero-order chi connectivity index (χ0) is 6.41. The predicted molar refractivity (Wildman–Crippen MR) is 38.3 cm³/mol. The van der Waals surface area contributed by atoms with Gasteiger partial charge in [0.25, 0.3) is 0 Å². The van der Waals surface area contributed by atoms with E-state index in [1.807, 2.05) is 6.92 Å². The Bertz CT molecular complexity index is 124. The van der Waals surface area contributed by atoms with Crippen LogP contribution < -0.4 is 0 Å². The van der Waals surface area contributed by atoms with Crippen molar-refractivity contribution in [1.82, 2.24) is 0 Å². The summed E-state index contributed by atoms with van der Waals surface area (Å²) in [6.07, 6.45) is 4.83. The van der Waals surface area contributed by atoms with E-state index < -0.39 is 0 Å². The molecule has 0 rings (SSSR count). The van der Waals surface area contributed by atoms with Gasteiger partial charge in [-0.2, -0.15) is 0 Å². The smallest absolute Gasteiger partial charge is 0.124 e. The van der Waals surface area contributed by atoms with E-state index in [-0.39, 0.29) is 0 Å². The molecule has 0 aromatic heterocycles. The molecule has 0 N–H and O–H groups in total. The van der Waals surface area contributed by atoms with Crippen LogP contribution in [0, 0.1) is 0 Å². The molecule has 0 unspecified atom stereocenters. The van der Waals surface area contributed by atoms with Gasteiger partial charge in [-0.15, -0.1) is 0 Å². The average molecular weight is 130 g/mol. The molecule has 0 fully saturated rings. The van der Waals surface area contributed by atoms with Crippen LogP contribution in [-0.2, 0) is 0 Å². The first-order valence-corrected chi connectivity index (χ1v) is 2.66. The third kappa shape index (κ3) is 3.62. The maximum atomic E-state index is 5.46. The van der Waals surface area contributed by atoms with Gasteiger partial charge in [0.1, 0.15) is 5.16 Å². The number of halogens is 1. The van der Waals surface area contributed by atoms with Crippen molar-refractivity contribution in [2.45, 2.75) is 6.92 Å². The second kappa shape index (κ2) is 4.60. The molecule has 2 heteroatoms. The molecular formula is C6H8ClN. The summed E-state index contributed by atoms with van der Waals surface area (Å²) in [7, 11) is 0. The molecule has 8 heavy (non-hydrogen) atoms. The Kier molecular flexibility index (Phi) is 4.27. The normalized spacial score (nSPS) is 12.5. The summed E-state index contributed by atoms with van der Waals surface area (Å²) in [6.45, 7) is 5.25. The predicted octanol–water partition coefficient (Wildman–Crippen LogP) is 2.34. The quantitative estimate of drug-likeness (QED) is 0.401. The van der Waals surface area contributed by atoms with Gasteiger partial charge >= 0.3 is 0 Å². The molecule has 0 bridgehead atoms. The van der Waals surface area contributed by atoms with E-state index >= 15 is 0 Å². The molecule has 0 radical (unpaired) electrons. The monoisotopic (exact) mass is 129 g/mol. The molecule has 0 saturated carbocycles. The van der Waals surface area contributed by atoms with Gasteiger partial charge in [0.05, 0.1) is 0 Å². The van der Waals surface area contributed by atoms with Crippen LogP contribution in [0.4, 0.5) is 0 Å². The fraction of sp³-hybridized carbons (Fsp3) is 0.167. The molecule has 0 spiro atoms. The topological polar surface area (TPSA) is 12.4 Å². The van der Waals surface area contributed by atoms with E-state index in [0.29, 0.717) is 5.16 Å². The molecule has 0 aromatic carbocycles. The van der Waals surface area contributed by atoms with E-state index in [4.69, 9.17) is 11.6 Å². The Labute approximate surface area is 54.4 Å². The van der Waals surface area contributed by atoms with Gasteiger partial charge in [-0.05, 0) is 6.92 Å². The Morgan fingerprint density at radius 1 is 1.75 bits per heavy atom. The van der Waals surface area contributed by atoms with Crippen molar-refractivity contribution in [2.24, 2.45) is 4.99 Å². The minimum absolute atomic E-state index is 0.491. The molecule has 0 saturated heterocycles. The minimum Gasteiger partial charge on any atom is -0.245 e. The highest BCUT2D eigenvalue weighted by molar-refractivity contribution is 6.29. The van der Waals surface area contributed by atoms with Crippen molar-refractivity contribution < 1.29 is 0 Å². The van der Waals surface area contributed by atoms with Gasteiger partial charge in [-0.3, -0.25) is 0 Å². The zero-order valence-corrected chi connectivity index (χ0v) is 5.52. The van der Waals surface area contributed by atoms with E-state index in [2.05, 4.69) is 11.6 Å². The molecule has 0 aliphatic carbocycles. The van der Waals surface area contributed by atoms with Gasteiger partial charge in [-0.1, -0.05) is 30.3 Å². The van der Waals surface area contributed by atoms with E-state index in [1.54, 1.807) is 18.4 Å². The standard InChI is InChI=1S/C6H8ClN/c1-3-5-8-6(7)4-2/h3-5H,1H2,2H3/b6-4-,8-5?. The maximum Gasteiger partial charge on any atom is 0.124 e. The third-order valence-electron chi connectivity index (χ3n) is 0.541. The van der Waals surface area contributed by atoms with Gasteiger partial charge < -0.3 is 0 Å². The number of hydrogen-bond acceptors (Lipinski definition) is 1. The van der Waals surface area contributed by atoms with Crippen molar-refractivity contribution >= 4 is 17.8 Å². The molecule has 0 aromatic rings. The van der Waals surface area contributed by atoms with Crippen LogP contribution in [0.1, 0.15) is 6.92 Å². The van der Waals surface area contributed by atoms with Crippen LogP contribution in [0.15, 0.2) is 28.9 Å². The van der Waals surface area contributed by atoms with Gasteiger partial charge in [0.15, 0.2) is 0 Å². The summed E-state index contributed by atoms with van der Waals surface area (Å²) in [5.41, 5.74) is 0. The van der Waals surface area contributed by atoms with E-state index in [0.717, 1.165) is 0 Å². The second-order valence-corrected chi connectivity index (χ2v) is 1.51. The SMILES string of the molecule is C=CC=N/C(Cl)=C\C. The highest BCUT2D eigenvalue weighted by Crippen LogP contribution is 1.99. The zero-order valence-electron chi connectivity index (χ0n) is 4.76. The molecule has 0 amide bonds. The van der Waals surface area contributed by atoms with Crippen molar-refractivity contribution in [3.63, 3.8) is 0 Å². The third-order valence-corrected chi connectivity index (χ3v) is 0.857. The highest BCUT2D eigenvalue weighted by atomic mass is 35.5. The Hall–Kier alpha value is -0.560. The molecule has 1 nitrogen and oxygen atoms in total. The summed E-state index contributed by atoms with van der Waals surface area (Å²) in [6, 6.07) is 0. The maximum absolute atomic E-state index is 5.46. The summed E-state index contributed by atoms with van der Waals surface area (Å²) in [4.78, 5) is 3.74. The molecule has 0 atom stereocenters. The first-order valence-electron chi connectivity index (χ1n) is 2.28. The first-order chi connectivity index (χ1) is 3.81. The van der Waals surface area contributed by atoms with Crippen LogP contribution in [-0.4, -0.2) is 6.21 Å². The van der Waals surface area contributed by atoms with Crippen LogP contribution in [0.25, 0.3) is 0 Å². The number of hydrogen-bond donors (Lipinski definition) is 0. The summed E-state index contributed by atoms with van der Waals surface area (Å²) in [5, 5.41) is 0.491. The average Bonchev–Trinajstić information content (AvgIpc) is 1.83. The number of rotatable bonds is 2. The van der Waals surface area contributed by atoms with Crippen LogP contribution in [0.5, 0.6) is 0 Å². The minimum atomic E-state index is 0.491. The largest absolute Gasteiger partial charge is 0.245 e. The van der Waals surface area contributed by atoms with Crippen LogP contribution >= 0.6 is 11.6 Å². The van der Waals surface area contributed by atoms with Crippen molar-refractivity contribution in [3.05, 3.63) is 23.9 Å². The summed E-state index contributed by atoms with van der Waals surface area (Å²) >= 11 is 5.46. The van der Waals surface area contributed by atoms with Crippen LogP contribution in [0.3, 0.4) is 0 Å². The highest BCUT2D eigenvalue weighted by Gasteiger charge is 1.75. The van der Waals surface area contributed by atoms with E-state index in [1.165, 1.54) is 0 Å². The fourth-order valence-electron chi connectivity index (χ4n) is 0.198. The van der Waals surface area contributed by atoms with Crippen LogP contribution in [0.2, 0.25) is 0 Å². The second-order valence-electron chi connectivity index (χ2n) is 1.13. The summed E-state index contributed by atoms with van der Waals surface area (Å²) in [5.74, 6) is 0. The van der Waals surface area contributed by atoms with Gasteiger partial charge in [0, 0.05) is 6.21 Å². The molecule has 0 aliphatic rings. The lowest BCUT2D eigenvalue weighted by Crippen LogP contribution is -1.62.